The number of likely N-dealkylation sites (N-methyl/N-ethyl adjacent to an activating group) is 1. The Hall–Kier alpha value is -1.05. The number of rotatable bonds is 5. The number of pyridine rings is 1. The molecule has 1 atom stereocenters. The summed E-state index contributed by atoms with van der Waals surface area (Å²) in [6.45, 7) is 9.96. The second-order valence-corrected chi connectivity index (χ2v) is 6.16. The van der Waals surface area contributed by atoms with Crippen LogP contribution in [0.2, 0.25) is 5.02 Å². The van der Waals surface area contributed by atoms with Crippen molar-refractivity contribution in [1.82, 2.24) is 14.8 Å². The van der Waals surface area contributed by atoms with E-state index >= 15 is 0 Å². The third kappa shape index (κ3) is 4.96. The number of halogens is 4. The van der Waals surface area contributed by atoms with Gasteiger partial charge in [-0.25, -0.2) is 4.98 Å². The van der Waals surface area contributed by atoms with Gasteiger partial charge < -0.3 is 10.2 Å². The maximum absolute atomic E-state index is 12.6. The predicted octanol–water partition coefficient (Wildman–Crippen LogP) is 3.19. The summed E-state index contributed by atoms with van der Waals surface area (Å²) >= 11 is 5.90. The second kappa shape index (κ2) is 7.68. The first-order valence-electron chi connectivity index (χ1n) is 7.74. The van der Waals surface area contributed by atoms with Crippen LogP contribution in [-0.4, -0.2) is 60.1 Å². The van der Waals surface area contributed by atoms with Gasteiger partial charge in [-0.05, 0) is 19.5 Å². The lowest BCUT2D eigenvalue weighted by atomic mass is 10.2. The second-order valence-electron chi connectivity index (χ2n) is 5.75. The molecule has 1 unspecified atom stereocenters. The minimum Gasteiger partial charge on any atom is -0.367 e. The first-order chi connectivity index (χ1) is 10.8. The summed E-state index contributed by atoms with van der Waals surface area (Å²) in [7, 11) is 0. The standard InChI is InChI=1S/C15H22ClF3N4/c1-3-22-4-6-23(7-5-22)11(2)9-20-14-13(16)8-12(10-21-14)15(17,18)19/h8,10-11H,3-7,9H2,1-2H3,(H,20,21). The molecule has 1 aromatic heterocycles. The van der Waals surface area contributed by atoms with Crippen LogP contribution in [0.4, 0.5) is 19.0 Å². The van der Waals surface area contributed by atoms with Crippen LogP contribution in [0.25, 0.3) is 0 Å². The molecule has 2 heterocycles. The average Bonchev–Trinajstić information content (AvgIpc) is 2.52. The molecule has 0 bridgehead atoms. The molecule has 1 aliphatic heterocycles. The van der Waals surface area contributed by atoms with Gasteiger partial charge in [-0.1, -0.05) is 18.5 Å². The van der Waals surface area contributed by atoms with Crippen molar-refractivity contribution < 1.29 is 13.2 Å². The van der Waals surface area contributed by atoms with E-state index in [0.29, 0.717) is 12.4 Å². The van der Waals surface area contributed by atoms with Gasteiger partial charge in [0, 0.05) is 45.0 Å². The Kier molecular flexibility index (Phi) is 6.11. The van der Waals surface area contributed by atoms with Crippen LogP contribution in [0.5, 0.6) is 0 Å². The van der Waals surface area contributed by atoms with Gasteiger partial charge in [-0.2, -0.15) is 13.2 Å². The van der Waals surface area contributed by atoms with Gasteiger partial charge in [0.2, 0.25) is 0 Å². The highest BCUT2D eigenvalue weighted by Gasteiger charge is 2.31. The lowest BCUT2D eigenvalue weighted by Crippen LogP contribution is -2.51. The van der Waals surface area contributed by atoms with E-state index in [9.17, 15) is 13.2 Å². The van der Waals surface area contributed by atoms with Crippen LogP contribution in [0.1, 0.15) is 19.4 Å². The quantitative estimate of drug-likeness (QED) is 0.883. The molecule has 1 aromatic rings. The summed E-state index contributed by atoms with van der Waals surface area (Å²) in [6, 6.07) is 1.16. The van der Waals surface area contributed by atoms with Gasteiger partial charge in [0.25, 0.3) is 0 Å². The summed E-state index contributed by atoms with van der Waals surface area (Å²) in [4.78, 5) is 8.55. The summed E-state index contributed by atoms with van der Waals surface area (Å²) in [6.07, 6.45) is -3.62. The Morgan fingerprint density at radius 2 is 1.96 bits per heavy atom. The molecule has 1 fully saturated rings. The van der Waals surface area contributed by atoms with Crippen LogP contribution in [-0.2, 0) is 6.18 Å². The third-order valence-electron chi connectivity index (χ3n) is 4.21. The fourth-order valence-electron chi connectivity index (χ4n) is 2.62. The molecule has 0 amide bonds. The number of aromatic nitrogens is 1. The van der Waals surface area contributed by atoms with E-state index in [1.54, 1.807) is 0 Å². The van der Waals surface area contributed by atoms with E-state index in [1.807, 2.05) is 0 Å². The Bertz CT molecular complexity index is 516. The molecule has 1 aliphatic rings. The van der Waals surface area contributed by atoms with Crippen molar-refractivity contribution in [3.8, 4) is 0 Å². The Labute approximate surface area is 139 Å². The number of nitrogens with zero attached hydrogens (tertiary/aromatic N) is 3. The molecule has 1 saturated heterocycles. The molecule has 130 valence electrons. The van der Waals surface area contributed by atoms with Gasteiger partial charge in [0.05, 0.1) is 10.6 Å². The van der Waals surface area contributed by atoms with Crippen molar-refractivity contribution in [1.29, 1.82) is 0 Å². The van der Waals surface area contributed by atoms with Crippen molar-refractivity contribution in [3.63, 3.8) is 0 Å². The first kappa shape index (κ1) is 18.3. The van der Waals surface area contributed by atoms with E-state index < -0.39 is 11.7 Å². The predicted molar refractivity (Wildman–Crippen MR) is 85.9 cm³/mol. The number of anilines is 1. The van der Waals surface area contributed by atoms with Crippen LogP contribution in [0.3, 0.4) is 0 Å². The van der Waals surface area contributed by atoms with E-state index in [2.05, 4.69) is 33.9 Å². The van der Waals surface area contributed by atoms with Crippen molar-refractivity contribution in [2.45, 2.75) is 26.1 Å². The summed E-state index contributed by atoms with van der Waals surface area (Å²) < 4.78 is 37.8. The highest BCUT2D eigenvalue weighted by atomic mass is 35.5. The van der Waals surface area contributed by atoms with Crippen LogP contribution < -0.4 is 5.32 Å². The topological polar surface area (TPSA) is 31.4 Å². The SMILES string of the molecule is CCN1CCN(C(C)CNc2ncc(C(F)(F)F)cc2Cl)CC1. The zero-order valence-electron chi connectivity index (χ0n) is 13.3. The Morgan fingerprint density at radius 3 is 2.48 bits per heavy atom. The summed E-state index contributed by atoms with van der Waals surface area (Å²) in [5, 5.41) is 3.04. The molecule has 4 nitrogen and oxygen atoms in total. The highest BCUT2D eigenvalue weighted by Crippen LogP contribution is 2.32. The van der Waals surface area contributed by atoms with E-state index in [0.717, 1.165) is 45.0 Å². The number of alkyl halides is 3. The molecule has 23 heavy (non-hydrogen) atoms. The smallest absolute Gasteiger partial charge is 0.367 e. The molecule has 8 heteroatoms. The van der Waals surface area contributed by atoms with Crippen molar-refractivity contribution in [2.75, 3.05) is 44.6 Å². The summed E-state index contributed by atoms with van der Waals surface area (Å²) in [5.74, 6) is 0.290. The largest absolute Gasteiger partial charge is 0.417 e. The third-order valence-corrected chi connectivity index (χ3v) is 4.50. The van der Waals surface area contributed by atoms with Gasteiger partial charge in [0.15, 0.2) is 0 Å². The number of nitrogens with one attached hydrogen (secondary N) is 1. The van der Waals surface area contributed by atoms with Crippen molar-refractivity contribution >= 4 is 17.4 Å². The van der Waals surface area contributed by atoms with Crippen LogP contribution >= 0.6 is 11.6 Å². The minimum absolute atomic E-state index is 0.0113. The number of piperazine rings is 1. The van der Waals surface area contributed by atoms with E-state index in [-0.39, 0.29) is 11.1 Å². The average molecular weight is 351 g/mol. The van der Waals surface area contributed by atoms with Crippen molar-refractivity contribution in [3.05, 3.63) is 22.8 Å². The molecule has 0 saturated carbocycles. The van der Waals surface area contributed by atoms with Gasteiger partial charge >= 0.3 is 6.18 Å². The normalized spacial score (nSPS) is 18.9. The molecule has 0 aliphatic carbocycles. The molecule has 1 N–H and O–H groups in total. The highest BCUT2D eigenvalue weighted by molar-refractivity contribution is 6.32. The van der Waals surface area contributed by atoms with Gasteiger partial charge in [-0.3, -0.25) is 4.90 Å². The molecule has 2 rings (SSSR count). The first-order valence-corrected chi connectivity index (χ1v) is 8.12. The number of hydrogen-bond donors (Lipinski definition) is 1. The maximum atomic E-state index is 12.6. The zero-order valence-corrected chi connectivity index (χ0v) is 14.1. The van der Waals surface area contributed by atoms with Crippen molar-refractivity contribution in [2.24, 2.45) is 0 Å². The molecule has 0 spiro atoms. The Balaban J connectivity index is 1.88. The lowest BCUT2D eigenvalue weighted by molar-refractivity contribution is -0.137. The van der Waals surface area contributed by atoms with Gasteiger partial charge in [0.1, 0.15) is 5.82 Å². The summed E-state index contributed by atoms with van der Waals surface area (Å²) in [5.41, 5.74) is -0.836. The monoisotopic (exact) mass is 350 g/mol. The molecule has 0 aromatic carbocycles. The fraction of sp³-hybridized carbons (Fsp3) is 0.667. The fourth-order valence-corrected chi connectivity index (χ4v) is 2.85. The zero-order chi connectivity index (χ0) is 17.0. The van der Waals surface area contributed by atoms with E-state index in [4.69, 9.17) is 11.6 Å². The molecular formula is C15H22ClF3N4. The number of hydrogen-bond acceptors (Lipinski definition) is 4. The molecule has 0 radical (unpaired) electrons. The van der Waals surface area contributed by atoms with Crippen LogP contribution in [0, 0.1) is 0 Å². The maximum Gasteiger partial charge on any atom is 0.417 e. The minimum atomic E-state index is -4.43. The van der Waals surface area contributed by atoms with Gasteiger partial charge in [-0.15, -0.1) is 0 Å². The lowest BCUT2D eigenvalue weighted by Gasteiger charge is -2.37. The van der Waals surface area contributed by atoms with E-state index in [1.165, 1.54) is 0 Å². The molecular weight excluding hydrogens is 329 g/mol. The van der Waals surface area contributed by atoms with Crippen LogP contribution in [0.15, 0.2) is 12.3 Å². The Morgan fingerprint density at radius 1 is 1.30 bits per heavy atom.